The lowest BCUT2D eigenvalue weighted by atomic mass is 10.1. The molecule has 3 aromatic rings. The van der Waals surface area contributed by atoms with Crippen molar-refractivity contribution in [2.75, 3.05) is 0 Å². The molecule has 0 spiro atoms. The zero-order chi connectivity index (χ0) is 17.1. The summed E-state index contributed by atoms with van der Waals surface area (Å²) in [7, 11) is 0. The number of hydrogen-bond acceptors (Lipinski definition) is 3. The second kappa shape index (κ2) is 6.34. The zero-order valence-corrected chi connectivity index (χ0v) is 12.5. The van der Waals surface area contributed by atoms with Gasteiger partial charge in [0.2, 0.25) is 0 Å². The Hall–Kier alpha value is -3.47. The maximum Gasteiger partial charge on any atom is 0.335 e. The van der Waals surface area contributed by atoms with Crippen LogP contribution in [0.15, 0.2) is 66.7 Å². The molecule has 118 valence electrons. The third kappa shape index (κ3) is 3.15. The fourth-order valence-electron chi connectivity index (χ4n) is 2.32. The molecule has 2 aromatic carbocycles. The van der Waals surface area contributed by atoms with Crippen LogP contribution in [0.2, 0.25) is 0 Å². The van der Waals surface area contributed by atoms with Gasteiger partial charge in [-0.2, -0.15) is 0 Å². The summed E-state index contributed by atoms with van der Waals surface area (Å²) in [5.41, 5.74) is 3.49. The maximum absolute atomic E-state index is 10.9. The number of carbonyl (C=O) groups is 2. The predicted molar refractivity (Wildman–Crippen MR) is 89.0 cm³/mol. The Morgan fingerprint density at radius 2 is 1.00 bits per heavy atom. The van der Waals surface area contributed by atoms with Crippen LogP contribution in [0.3, 0.4) is 0 Å². The van der Waals surface area contributed by atoms with Crippen molar-refractivity contribution in [1.82, 2.24) is 4.98 Å². The van der Waals surface area contributed by atoms with E-state index in [1.165, 1.54) is 24.3 Å². The lowest BCUT2D eigenvalue weighted by Crippen LogP contribution is -1.96. The average molecular weight is 319 g/mol. The monoisotopic (exact) mass is 319 g/mol. The van der Waals surface area contributed by atoms with Gasteiger partial charge in [0.15, 0.2) is 0 Å². The highest BCUT2D eigenvalue weighted by Crippen LogP contribution is 2.23. The summed E-state index contributed by atoms with van der Waals surface area (Å²) in [5, 5.41) is 17.9. The number of carboxylic acids is 2. The molecule has 0 saturated carbocycles. The van der Waals surface area contributed by atoms with Crippen LogP contribution in [0.1, 0.15) is 20.7 Å². The van der Waals surface area contributed by atoms with Gasteiger partial charge in [-0.15, -0.1) is 0 Å². The fourth-order valence-corrected chi connectivity index (χ4v) is 2.32. The lowest BCUT2D eigenvalue weighted by molar-refractivity contribution is 0.0686. The Morgan fingerprint density at radius 1 is 0.625 bits per heavy atom. The standard InChI is InChI=1S/C19H13NO4/c21-18(22)14-8-4-12(5-9-14)16-2-1-3-17(20-16)13-6-10-15(11-7-13)19(23)24/h1-11H,(H,21,22)(H,23,24). The quantitative estimate of drug-likeness (QED) is 0.763. The number of benzene rings is 2. The van der Waals surface area contributed by atoms with Crippen molar-refractivity contribution in [3.8, 4) is 22.5 Å². The Morgan fingerprint density at radius 3 is 1.33 bits per heavy atom. The molecule has 0 amide bonds. The SMILES string of the molecule is O=C(O)c1ccc(-c2cccc(-c3ccc(C(=O)O)cc3)n2)cc1. The van der Waals surface area contributed by atoms with Gasteiger partial charge in [0.25, 0.3) is 0 Å². The number of carboxylic acid groups (broad SMARTS) is 2. The highest BCUT2D eigenvalue weighted by atomic mass is 16.4. The third-order valence-corrected chi connectivity index (χ3v) is 3.60. The molecule has 0 atom stereocenters. The zero-order valence-electron chi connectivity index (χ0n) is 12.5. The fraction of sp³-hybridized carbons (Fsp3) is 0. The second-order valence-electron chi connectivity index (χ2n) is 5.17. The van der Waals surface area contributed by atoms with E-state index < -0.39 is 11.9 Å². The van der Waals surface area contributed by atoms with Crippen LogP contribution in [-0.2, 0) is 0 Å². The normalized spacial score (nSPS) is 10.3. The first-order chi connectivity index (χ1) is 11.5. The molecule has 0 saturated heterocycles. The molecule has 0 bridgehead atoms. The number of pyridine rings is 1. The smallest absolute Gasteiger partial charge is 0.335 e. The first-order valence-corrected chi connectivity index (χ1v) is 7.19. The van der Waals surface area contributed by atoms with Crippen LogP contribution in [0.25, 0.3) is 22.5 Å². The first kappa shape index (κ1) is 15.4. The van der Waals surface area contributed by atoms with E-state index in [1.807, 2.05) is 18.2 Å². The van der Waals surface area contributed by atoms with E-state index >= 15 is 0 Å². The summed E-state index contributed by atoms with van der Waals surface area (Å²) < 4.78 is 0. The molecule has 1 aromatic heterocycles. The molecule has 3 rings (SSSR count). The predicted octanol–water partition coefficient (Wildman–Crippen LogP) is 3.81. The van der Waals surface area contributed by atoms with E-state index in [1.54, 1.807) is 24.3 Å². The van der Waals surface area contributed by atoms with Gasteiger partial charge in [0.1, 0.15) is 0 Å². The molecular formula is C19H13NO4. The topological polar surface area (TPSA) is 87.5 Å². The van der Waals surface area contributed by atoms with E-state index in [0.717, 1.165) is 11.1 Å². The van der Waals surface area contributed by atoms with Gasteiger partial charge in [-0.05, 0) is 36.4 Å². The highest BCUT2D eigenvalue weighted by molar-refractivity contribution is 5.89. The van der Waals surface area contributed by atoms with Gasteiger partial charge in [-0.1, -0.05) is 30.3 Å². The van der Waals surface area contributed by atoms with E-state index in [9.17, 15) is 9.59 Å². The van der Waals surface area contributed by atoms with Crippen LogP contribution in [0, 0.1) is 0 Å². The molecule has 2 N–H and O–H groups in total. The van der Waals surface area contributed by atoms with Crippen molar-refractivity contribution in [2.24, 2.45) is 0 Å². The van der Waals surface area contributed by atoms with Crippen molar-refractivity contribution in [3.63, 3.8) is 0 Å². The average Bonchev–Trinajstić information content (AvgIpc) is 2.62. The number of nitrogens with zero attached hydrogens (tertiary/aromatic N) is 1. The van der Waals surface area contributed by atoms with Crippen LogP contribution in [-0.4, -0.2) is 27.1 Å². The first-order valence-electron chi connectivity index (χ1n) is 7.19. The van der Waals surface area contributed by atoms with Gasteiger partial charge in [-0.3, -0.25) is 0 Å². The van der Waals surface area contributed by atoms with Crippen molar-refractivity contribution in [1.29, 1.82) is 0 Å². The van der Waals surface area contributed by atoms with Crippen LogP contribution in [0.4, 0.5) is 0 Å². The van der Waals surface area contributed by atoms with E-state index in [2.05, 4.69) is 4.98 Å². The molecule has 0 aliphatic rings. The van der Waals surface area contributed by atoms with Crippen LogP contribution >= 0.6 is 0 Å². The van der Waals surface area contributed by atoms with Crippen molar-refractivity contribution in [2.45, 2.75) is 0 Å². The Kier molecular flexibility index (Phi) is 4.07. The molecule has 1 heterocycles. The Bertz CT molecular complexity index is 827. The highest BCUT2D eigenvalue weighted by Gasteiger charge is 2.07. The van der Waals surface area contributed by atoms with Gasteiger partial charge >= 0.3 is 11.9 Å². The number of rotatable bonds is 4. The minimum absolute atomic E-state index is 0.221. The molecule has 0 radical (unpaired) electrons. The van der Waals surface area contributed by atoms with Gasteiger partial charge in [0.05, 0.1) is 22.5 Å². The van der Waals surface area contributed by atoms with Gasteiger partial charge < -0.3 is 10.2 Å². The van der Waals surface area contributed by atoms with Crippen molar-refractivity contribution < 1.29 is 19.8 Å². The van der Waals surface area contributed by atoms with Gasteiger partial charge in [0, 0.05) is 11.1 Å². The number of aromatic nitrogens is 1. The summed E-state index contributed by atoms with van der Waals surface area (Å²) in [5.74, 6) is -1.94. The number of aromatic carboxylic acids is 2. The molecule has 24 heavy (non-hydrogen) atoms. The van der Waals surface area contributed by atoms with E-state index in [0.29, 0.717) is 11.4 Å². The summed E-state index contributed by atoms with van der Waals surface area (Å²) in [6.07, 6.45) is 0. The molecule has 5 nitrogen and oxygen atoms in total. The Labute approximate surface area is 137 Å². The molecule has 0 fully saturated rings. The van der Waals surface area contributed by atoms with E-state index in [4.69, 9.17) is 10.2 Å². The Balaban J connectivity index is 1.94. The third-order valence-electron chi connectivity index (χ3n) is 3.60. The summed E-state index contributed by atoms with van der Waals surface area (Å²) in [6.45, 7) is 0. The van der Waals surface area contributed by atoms with Crippen molar-refractivity contribution in [3.05, 3.63) is 77.9 Å². The molecule has 0 unspecified atom stereocenters. The van der Waals surface area contributed by atoms with Crippen LogP contribution in [0.5, 0.6) is 0 Å². The summed E-state index contributed by atoms with van der Waals surface area (Å²) in [6, 6.07) is 18.5. The minimum Gasteiger partial charge on any atom is -0.478 e. The van der Waals surface area contributed by atoms with Crippen molar-refractivity contribution >= 4 is 11.9 Å². The molecule has 5 heteroatoms. The largest absolute Gasteiger partial charge is 0.478 e. The second-order valence-corrected chi connectivity index (χ2v) is 5.17. The lowest BCUT2D eigenvalue weighted by Gasteiger charge is -2.06. The number of hydrogen-bond donors (Lipinski definition) is 2. The van der Waals surface area contributed by atoms with Crippen LogP contribution < -0.4 is 0 Å². The minimum atomic E-state index is -0.971. The summed E-state index contributed by atoms with van der Waals surface area (Å²) >= 11 is 0. The van der Waals surface area contributed by atoms with E-state index in [-0.39, 0.29) is 11.1 Å². The summed E-state index contributed by atoms with van der Waals surface area (Å²) in [4.78, 5) is 26.4. The van der Waals surface area contributed by atoms with Gasteiger partial charge in [-0.25, -0.2) is 14.6 Å². The maximum atomic E-state index is 10.9. The molecular weight excluding hydrogens is 306 g/mol. The molecule has 0 aliphatic heterocycles. The molecule has 0 aliphatic carbocycles.